The Morgan fingerprint density at radius 3 is 2.70 bits per heavy atom. The van der Waals surface area contributed by atoms with E-state index >= 15 is 0 Å². The zero-order valence-corrected chi connectivity index (χ0v) is 8.07. The largest absolute Gasteiger partial charge is 0.369 e. The summed E-state index contributed by atoms with van der Waals surface area (Å²) in [5.41, 5.74) is 0. The van der Waals surface area contributed by atoms with Crippen LogP contribution in [-0.2, 0) is 4.74 Å². The van der Waals surface area contributed by atoms with E-state index in [1.165, 1.54) is 0 Å². The van der Waals surface area contributed by atoms with Crippen molar-refractivity contribution in [2.24, 2.45) is 5.92 Å². The molecule has 0 saturated carbocycles. The Bertz CT molecular complexity index is 121. The van der Waals surface area contributed by atoms with Gasteiger partial charge in [-0.3, -0.25) is 0 Å². The van der Waals surface area contributed by atoms with Gasteiger partial charge in [-0.05, 0) is 17.2 Å². The predicted molar refractivity (Wildman–Crippen MR) is 47.0 cm³/mol. The van der Waals surface area contributed by atoms with Gasteiger partial charge >= 0.3 is 0 Å². The van der Waals surface area contributed by atoms with Crippen molar-refractivity contribution in [3.63, 3.8) is 0 Å². The first-order valence-corrected chi connectivity index (χ1v) is 4.23. The van der Waals surface area contributed by atoms with Gasteiger partial charge in [0.25, 0.3) is 0 Å². The summed E-state index contributed by atoms with van der Waals surface area (Å²) in [6.07, 6.45) is 1.12. The molecule has 0 aliphatic heterocycles. The third-order valence-electron chi connectivity index (χ3n) is 1.08. The Morgan fingerprint density at radius 2 is 2.20 bits per heavy atom. The standard InChI is InChI=1S/C8H13BrO/c1-8(2)4-7-10-6-3-5-9/h8H,4,6-7H2,1-2H3. The van der Waals surface area contributed by atoms with E-state index in [9.17, 15) is 0 Å². The lowest BCUT2D eigenvalue weighted by Crippen LogP contribution is -1.98. The van der Waals surface area contributed by atoms with Crippen LogP contribution in [0.5, 0.6) is 0 Å². The summed E-state index contributed by atoms with van der Waals surface area (Å²) < 4.78 is 5.18. The summed E-state index contributed by atoms with van der Waals surface area (Å²) >= 11 is 2.99. The smallest absolute Gasteiger partial charge is 0.108 e. The minimum Gasteiger partial charge on any atom is -0.369 e. The lowest BCUT2D eigenvalue weighted by Gasteiger charge is -2.02. The Balaban J connectivity index is 2.96. The normalized spacial score (nSPS) is 9.20. The molecule has 0 spiro atoms. The van der Waals surface area contributed by atoms with Crippen molar-refractivity contribution in [1.82, 2.24) is 0 Å². The van der Waals surface area contributed by atoms with Gasteiger partial charge in [0.2, 0.25) is 0 Å². The van der Waals surface area contributed by atoms with Crippen LogP contribution in [0.4, 0.5) is 0 Å². The fourth-order valence-corrected chi connectivity index (χ4v) is 0.584. The molecular weight excluding hydrogens is 192 g/mol. The maximum absolute atomic E-state index is 5.18. The summed E-state index contributed by atoms with van der Waals surface area (Å²) in [5.74, 6) is 3.49. The average molecular weight is 205 g/mol. The van der Waals surface area contributed by atoms with Gasteiger partial charge in [0.15, 0.2) is 0 Å². The summed E-state index contributed by atoms with van der Waals surface area (Å²) in [7, 11) is 0. The topological polar surface area (TPSA) is 9.23 Å². The van der Waals surface area contributed by atoms with Crippen molar-refractivity contribution in [1.29, 1.82) is 0 Å². The third kappa shape index (κ3) is 8.00. The highest BCUT2D eigenvalue weighted by molar-refractivity contribution is 9.12. The zero-order chi connectivity index (χ0) is 7.82. The van der Waals surface area contributed by atoms with Gasteiger partial charge in [0.1, 0.15) is 6.61 Å². The van der Waals surface area contributed by atoms with Crippen molar-refractivity contribution in [2.45, 2.75) is 20.3 Å². The van der Waals surface area contributed by atoms with Crippen LogP contribution in [-0.4, -0.2) is 13.2 Å². The Kier molecular flexibility index (Phi) is 7.11. The molecule has 58 valence electrons. The fourth-order valence-electron chi connectivity index (χ4n) is 0.470. The molecule has 0 aromatic heterocycles. The predicted octanol–water partition coefficient (Wildman–Crippen LogP) is 2.40. The molecule has 0 atom stereocenters. The molecule has 0 N–H and O–H groups in total. The highest BCUT2D eigenvalue weighted by Crippen LogP contribution is 1.97. The molecular formula is C8H13BrO. The van der Waals surface area contributed by atoms with Crippen LogP contribution in [0.25, 0.3) is 0 Å². The molecule has 0 aromatic rings. The van der Waals surface area contributed by atoms with Crippen molar-refractivity contribution >= 4 is 15.9 Å². The minimum atomic E-state index is 0.540. The van der Waals surface area contributed by atoms with Gasteiger partial charge in [-0.1, -0.05) is 19.8 Å². The minimum absolute atomic E-state index is 0.540. The van der Waals surface area contributed by atoms with Crippen LogP contribution in [0.1, 0.15) is 20.3 Å². The number of halogens is 1. The van der Waals surface area contributed by atoms with E-state index in [0.717, 1.165) is 18.9 Å². The summed E-state index contributed by atoms with van der Waals surface area (Å²) in [6.45, 7) is 5.72. The van der Waals surface area contributed by atoms with Gasteiger partial charge in [-0.2, -0.15) is 0 Å². The highest BCUT2D eigenvalue weighted by atomic mass is 79.9. The summed E-state index contributed by atoms with van der Waals surface area (Å²) in [5, 5.41) is 0. The van der Waals surface area contributed by atoms with E-state index in [-0.39, 0.29) is 0 Å². The molecule has 0 saturated heterocycles. The van der Waals surface area contributed by atoms with Gasteiger partial charge in [-0.25, -0.2) is 0 Å². The maximum Gasteiger partial charge on any atom is 0.108 e. The molecule has 2 heteroatoms. The molecule has 0 radical (unpaired) electrons. The first-order chi connectivity index (χ1) is 4.77. The van der Waals surface area contributed by atoms with E-state index in [0.29, 0.717) is 6.61 Å². The van der Waals surface area contributed by atoms with Crippen LogP contribution in [0.3, 0.4) is 0 Å². The second kappa shape index (κ2) is 7.11. The molecule has 0 fully saturated rings. The maximum atomic E-state index is 5.18. The second-order valence-electron chi connectivity index (χ2n) is 2.51. The van der Waals surface area contributed by atoms with Crippen LogP contribution in [0.2, 0.25) is 0 Å². The molecule has 0 aliphatic rings. The van der Waals surface area contributed by atoms with E-state index < -0.39 is 0 Å². The first-order valence-electron chi connectivity index (χ1n) is 3.43. The van der Waals surface area contributed by atoms with Crippen LogP contribution < -0.4 is 0 Å². The summed E-state index contributed by atoms with van der Waals surface area (Å²) in [4.78, 5) is 2.59. The van der Waals surface area contributed by atoms with Gasteiger partial charge in [-0.15, -0.1) is 0 Å². The van der Waals surface area contributed by atoms with Crippen LogP contribution >= 0.6 is 15.9 Å². The second-order valence-corrected chi connectivity index (χ2v) is 2.90. The van der Waals surface area contributed by atoms with Crippen molar-refractivity contribution in [3.05, 3.63) is 0 Å². The molecule has 0 amide bonds. The molecule has 0 bridgehead atoms. The number of ether oxygens (including phenoxy) is 1. The molecule has 1 nitrogen and oxygen atoms in total. The average Bonchev–Trinajstić information content (AvgIpc) is 1.87. The van der Waals surface area contributed by atoms with Crippen molar-refractivity contribution < 1.29 is 4.74 Å². The monoisotopic (exact) mass is 204 g/mol. The number of hydrogen-bond donors (Lipinski definition) is 0. The fraction of sp³-hybridized carbons (Fsp3) is 0.750. The van der Waals surface area contributed by atoms with Crippen molar-refractivity contribution in [3.8, 4) is 10.8 Å². The lowest BCUT2D eigenvalue weighted by atomic mass is 10.1. The van der Waals surface area contributed by atoms with Gasteiger partial charge in [0.05, 0.1) is 0 Å². The molecule has 0 aromatic carbocycles. The Labute approximate surface area is 71.3 Å². The van der Waals surface area contributed by atoms with E-state index in [4.69, 9.17) is 4.74 Å². The number of rotatable bonds is 4. The zero-order valence-electron chi connectivity index (χ0n) is 6.48. The quantitative estimate of drug-likeness (QED) is 0.505. The molecule has 0 rings (SSSR count). The van der Waals surface area contributed by atoms with E-state index in [1.807, 2.05) is 0 Å². The Hall–Kier alpha value is 0. The third-order valence-corrected chi connectivity index (χ3v) is 1.36. The van der Waals surface area contributed by atoms with Gasteiger partial charge in [0, 0.05) is 22.5 Å². The van der Waals surface area contributed by atoms with Crippen LogP contribution in [0.15, 0.2) is 0 Å². The van der Waals surface area contributed by atoms with E-state index in [1.54, 1.807) is 0 Å². The van der Waals surface area contributed by atoms with E-state index in [2.05, 4.69) is 40.5 Å². The summed E-state index contributed by atoms with van der Waals surface area (Å²) in [6, 6.07) is 0. The van der Waals surface area contributed by atoms with Crippen molar-refractivity contribution in [2.75, 3.05) is 13.2 Å². The SMILES string of the molecule is CC(C)CCOCC#CBr. The molecule has 0 aliphatic carbocycles. The first kappa shape index (κ1) is 10.0. The lowest BCUT2D eigenvalue weighted by molar-refractivity contribution is 0.154. The highest BCUT2D eigenvalue weighted by Gasteiger charge is 1.91. The van der Waals surface area contributed by atoms with Crippen LogP contribution in [0, 0.1) is 16.7 Å². The Morgan fingerprint density at radius 1 is 1.50 bits per heavy atom. The van der Waals surface area contributed by atoms with Gasteiger partial charge < -0.3 is 4.74 Å². The molecule has 0 unspecified atom stereocenters. The molecule has 10 heavy (non-hydrogen) atoms. The number of hydrogen-bond acceptors (Lipinski definition) is 1. The molecule has 0 heterocycles.